The molecule has 2 N–H and O–H groups in total. The Morgan fingerprint density at radius 3 is 2.78 bits per heavy atom. The second-order valence-electron chi connectivity index (χ2n) is 5.09. The SMILES string of the molecule is O=C(Cc1c[nH]c2ccccc12)NCC#Cc1ccccc1F. The van der Waals surface area contributed by atoms with Crippen LogP contribution in [0.3, 0.4) is 0 Å². The number of fused-ring (bicyclic) bond motifs is 1. The van der Waals surface area contributed by atoms with Gasteiger partial charge in [-0.25, -0.2) is 4.39 Å². The normalized spacial score (nSPS) is 10.1. The molecular formula is C19H15FN2O. The largest absolute Gasteiger partial charge is 0.361 e. The fraction of sp³-hybridized carbons (Fsp3) is 0.105. The maximum atomic E-state index is 13.4. The van der Waals surface area contributed by atoms with Crippen molar-refractivity contribution in [3.8, 4) is 11.8 Å². The van der Waals surface area contributed by atoms with Crippen molar-refractivity contribution in [3.05, 3.63) is 71.7 Å². The van der Waals surface area contributed by atoms with Crippen LogP contribution in [0.25, 0.3) is 10.9 Å². The van der Waals surface area contributed by atoms with Gasteiger partial charge < -0.3 is 10.3 Å². The molecule has 0 atom stereocenters. The van der Waals surface area contributed by atoms with E-state index >= 15 is 0 Å². The smallest absolute Gasteiger partial charge is 0.225 e. The summed E-state index contributed by atoms with van der Waals surface area (Å²) < 4.78 is 13.4. The van der Waals surface area contributed by atoms with Crippen LogP contribution in [0, 0.1) is 17.7 Å². The molecule has 0 fully saturated rings. The summed E-state index contributed by atoms with van der Waals surface area (Å²) in [5, 5.41) is 3.77. The molecule has 0 spiro atoms. The fourth-order valence-corrected chi connectivity index (χ4v) is 2.36. The Balaban J connectivity index is 1.58. The predicted octanol–water partition coefficient (Wildman–Crippen LogP) is 3.02. The van der Waals surface area contributed by atoms with Crippen LogP contribution < -0.4 is 5.32 Å². The van der Waals surface area contributed by atoms with E-state index in [1.54, 1.807) is 18.2 Å². The zero-order chi connectivity index (χ0) is 16.1. The minimum atomic E-state index is -0.356. The number of H-pyrrole nitrogens is 1. The molecule has 3 aromatic rings. The zero-order valence-electron chi connectivity index (χ0n) is 12.4. The van der Waals surface area contributed by atoms with E-state index < -0.39 is 0 Å². The molecule has 0 unspecified atom stereocenters. The number of aromatic amines is 1. The number of hydrogen-bond acceptors (Lipinski definition) is 1. The van der Waals surface area contributed by atoms with Gasteiger partial charge in [0, 0.05) is 17.1 Å². The van der Waals surface area contributed by atoms with Gasteiger partial charge in [0.25, 0.3) is 0 Å². The van der Waals surface area contributed by atoms with Gasteiger partial charge in [-0.05, 0) is 23.8 Å². The maximum Gasteiger partial charge on any atom is 0.225 e. The lowest BCUT2D eigenvalue weighted by Crippen LogP contribution is -2.25. The van der Waals surface area contributed by atoms with E-state index in [2.05, 4.69) is 22.1 Å². The molecule has 114 valence electrons. The summed E-state index contributed by atoms with van der Waals surface area (Å²) in [7, 11) is 0. The lowest BCUT2D eigenvalue weighted by Gasteiger charge is -2.00. The second-order valence-corrected chi connectivity index (χ2v) is 5.09. The molecule has 1 amide bonds. The Morgan fingerprint density at radius 1 is 1.13 bits per heavy atom. The van der Waals surface area contributed by atoms with Gasteiger partial charge in [0.15, 0.2) is 0 Å². The monoisotopic (exact) mass is 306 g/mol. The van der Waals surface area contributed by atoms with E-state index in [0.717, 1.165) is 16.5 Å². The topological polar surface area (TPSA) is 44.9 Å². The number of halogens is 1. The summed E-state index contributed by atoms with van der Waals surface area (Å²) in [6, 6.07) is 14.1. The first kappa shape index (κ1) is 14.9. The van der Waals surface area contributed by atoms with Crippen LogP contribution in [0.5, 0.6) is 0 Å². The van der Waals surface area contributed by atoms with Gasteiger partial charge in [-0.3, -0.25) is 4.79 Å². The minimum absolute atomic E-state index is 0.113. The van der Waals surface area contributed by atoms with Crippen LogP contribution in [0.1, 0.15) is 11.1 Å². The van der Waals surface area contributed by atoms with Crippen LogP contribution in [0.15, 0.2) is 54.7 Å². The third kappa shape index (κ3) is 3.58. The molecule has 0 aliphatic carbocycles. The number of benzene rings is 2. The molecule has 2 aromatic carbocycles. The Labute approximate surface area is 133 Å². The first-order valence-electron chi connectivity index (χ1n) is 7.29. The standard InChI is InChI=1S/C19H15FN2O/c20-17-9-3-1-6-14(17)7-5-11-21-19(23)12-15-13-22-18-10-4-2-8-16(15)18/h1-4,6,8-10,13,22H,11-12H2,(H,21,23). The maximum absolute atomic E-state index is 13.4. The molecule has 0 aliphatic rings. The minimum Gasteiger partial charge on any atom is -0.361 e. The highest BCUT2D eigenvalue weighted by molar-refractivity contribution is 5.88. The third-order valence-corrected chi connectivity index (χ3v) is 3.50. The number of aromatic nitrogens is 1. The van der Waals surface area contributed by atoms with Crippen LogP contribution in [-0.4, -0.2) is 17.4 Å². The Bertz CT molecular complexity index is 902. The van der Waals surface area contributed by atoms with Crippen molar-refractivity contribution < 1.29 is 9.18 Å². The Hall–Kier alpha value is -3.06. The number of hydrogen-bond donors (Lipinski definition) is 2. The number of rotatable bonds is 3. The zero-order valence-corrected chi connectivity index (χ0v) is 12.4. The van der Waals surface area contributed by atoms with Crippen molar-refractivity contribution in [2.75, 3.05) is 6.54 Å². The van der Waals surface area contributed by atoms with Crippen LogP contribution >= 0.6 is 0 Å². The third-order valence-electron chi connectivity index (χ3n) is 3.50. The molecule has 4 heteroatoms. The highest BCUT2D eigenvalue weighted by atomic mass is 19.1. The molecule has 0 saturated carbocycles. The Morgan fingerprint density at radius 2 is 1.91 bits per heavy atom. The average Bonchev–Trinajstić information content (AvgIpc) is 2.96. The molecule has 0 saturated heterocycles. The summed E-state index contributed by atoms with van der Waals surface area (Å²) in [6.45, 7) is 0.190. The van der Waals surface area contributed by atoms with Crippen molar-refractivity contribution in [3.63, 3.8) is 0 Å². The van der Waals surface area contributed by atoms with Crippen molar-refractivity contribution in [2.24, 2.45) is 0 Å². The summed E-state index contributed by atoms with van der Waals surface area (Å²) in [5.41, 5.74) is 2.29. The summed E-state index contributed by atoms with van der Waals surface area (Å²) in [4.78, 5) is 15.1. The van der Waals surface area contributed by atoms with Crippen molar-refractivity contribution in [1.29, 1.82) is 0 Å². The predicted molar refractivity (Wildman–Crippen MR) is 88.3 cm³/mol. The van der Waals surface area contributed by atoms with Gasteiger partial charge in [-0.15, -0.1) is 0 Å². The van der Waals surface area contributed by atoms with Gasteiger partial charge in [0.05, 0.1) is 18.5 Å². The van der Waals surface area contributed by atoms with E-state index in [1.807, 2.05) is 30.5 Å². The van der Waals surface area contributed by atoms with Crippen molar-refractivity contribution in [1.82, 2.24) is 10.3 Å². The van der Waals surface area contributed by atoms with E-state index in [0.29, 0.717) is 5.56 Å². The fourth-order valence-electron chi connectivity index (χ4n) is 2.36. The van der Waals surface area contributed by atoms with Crippen LogP contribution in [0.4, 0.5) is 4.39 Å². The molecule has 0 radical (unpaired) electrons. The van der Waals surface area contributed by atoms with E-state index in [1.165, 1.54) is 6.07 Å². The first-order chi connectivity index (χ1) is 11.2. The lowest BCUT2D eigenvalue weighted by atomic mass is 10.1. The van der Waals surface area contributed by atoms with Crippen molar-refractivity contribution >= 4 is 16.8 Å². The van der Waals surface area contributed by atoms with Gasteiger partial charge in [-0.2, -0.15) is 0 Å². The van der Waals surface area contributed by atoms with E-state index in [-0.39, 0.29) is 24.7 Å². The molecule has 0 bridgehead atoms. The molecule has 1 heterocycles. The second kappa shape index (κ2) is 6.80. The summed E-state index contributed by atoms with van der Waals surface area (Å²) in [5.74, 6) is 5.00. The van der Waals surface area contributed by atoms with Gasteiger partial charge in [-0.1, -0.05) is 42.2 Å². The number of para-hydroxylation sites is 1. The van der Waals surface area contributed by atoms with Gasteiger partial charge in [0.2, 0.25) is 5.91 Å². The highest BCUT2D eigenvalue weighted by Gasteiger charge is 2.07. The number of carbonyl (C=O) groups is 1. The molecule has 3 nitrogen and oxygen atoms in total. The van der Waals surface area contributed by atoms with Crippen LogP contribution in [0.2, 0.25) is 0 Å². The average molecular weight is 306 g/mol. The van der Waals surface area contributed by atoms with E-state index in [9.17, 15) is 9.18 Å². The van der Waals surface area contributed by atoms with Crippen LogP contribution in [-0.2, 0) is 11.2 Å². The van der Waals surface area contributed by atoms with Crippen molar-refractivity contribution in [2.45, 2.75) is 6.42 Å². The number of carbonyl (C=O) groups excluding carboxylic acids is 1. The first-order valence-corrected chi connectivity index (χ1v) is 7.29. The molecular weight excluding hydrogens is 291 g/mol. The molecule has 23 heavy (non-hydrogen) atoms. The molecule has 0 aliphatic heterocycles. The molecule has 3 rings (SSSR count). The summed E-state index contributed by atoms with van der Waals surface area (Å²) >= 11 is 0. The van der Waals surface area contributed by atoms with E-state index in [4.69, 9.17) is 0 Å². The molecule has 1 aromatic heterocycles. The van der Waals surface area contributed by atoms with Gasteiger partial charge in [0.1, 0.15) is 5.82 Å². The van der Waals surface area contributed by atoms with Gasteiger partial charge >= 0.3 is 0 Å². The lowest BCUT2D eigenvalue weighted by molar-refractivity contribution is -0.120. The quantitative estimate of drug-likeness (QED) is 0.718. The number of nitrogens with one attached hydrogen (secondary N) is 2. The summed E-state index contributed by atoms with van der Waals surface area (Å²) in [6.07, 6.45) is 2.13. The Kier molecular flexibility index (Phi) is 4.39. The highest BCUT2D eigenvalue weighted by Crippen LogP contribution is 2.17. The number of amides is 1.